The Hall–Kier alpha value is -2.69. The number of amides is 1. The Balaban J connectivity index is 2.16. The highest BCUT2D eigenvalue weighted by atomic mass is 19.1. The van der Waals surface area contributed by atoms with E-state index < -0.39 is 17.2 Å². The van der Waals surface area contributed by atoms with Gasteiger partial charge in [0.25, 0.3) is 0 Å². The summed E-state index contributed by atoms with van der Waals surface area (Å²) in [4.78, 5) is 25.1. The van der Waals surface area contributed by atoms with Crippen molar-refractivity contribution in [1.29, 1.82) is 0 Å². The molecule has 0 bridgehead atoms. The van der Waals surface area contributed by atoms with Gasteiger partial charge in [-0.25, -0.2) is 9.18 Å². The van der Waals surface area contributed by atoms with Crippen molar-refractivity contribution in [2.45, 2.75) is 25.8 Å². The van der Waals surface area contributed by atoms with E-state index in [9.17, 15) is 14.0 Å². The maximum Gasteiger partial charge on any atom is 0.335 e. The summed E-state index contributed by atoms with van der Waals surface area (Å²) in [5.41, 5.74) is 0.351. The number of carboxylic acids is 1. The van der Waals surface area contributed by atoms with E-state index in [0.717, 1.165) is 5.56 Å². The van der Waals surface area contributed by atoms with E-state index in [1.807, 2.05) is 0 Å². The maximum absolute atomic E-state index is 14.0. The van der Waals surface area contributed by atoms with Crippen LogP contribution < -0.4 is 0 Å². The largest absolute Gasteiger partial charge is 0.478 e. The van der Waals surface area contributed by atoms with Crippen LogP contribution in [0.15, 0.2) is 48.5 Å². The lowest BCUT2D eigenvalue weighted by Crippen LogP contribution is -2.41. The van der Waals surface area contributed by atoms with E-state index in [1.165, 1.54) is 23.1 Å². The van der Waals surface area contributed by atoms with E-state index in [-0.39, 0.29) is 11.5 Å². The average molecular weight is 329 g/mol. The number of carbonyl (C=O) groups is 2. The molecule has 4 nitrogen and oxygen atoms in total. The highest BCUT2D eigenvalue weighted by Crippen LogP contribution is 2.28. The number of nitrogens with zero attached hydrogens (tertiary/aromatic N) is 1. The molecular formula is C19H20FNO3. The summed E-state index contributed by atoms with van der Waals surface area (Å²) in [6.07, 6.45) is 0. The third-order valence-electron chi connectivity index (χ3n) is 4.05. The van der Waals surface area contributed by atoms with Crippen molar-refractivity contribution in [2.75, 3.05) is 7.05 Å². The first-order valence-electron chi connectivity index (χ1n) is 7.56. The summed E-state index contributed by atoms with van der Waals surface area (Å²) in [6.45, 7) is 3.70. The topological polar surface area (TPSA) is 57.6 Å². The Kier molecular flexibility index (Phi) is 5.02. The van der Waals surface area contributed by atoms with Crippen molar-refractivity contribution in [3.05, 3.63) is 71.0 Å². The molecule has 2 aromatic carbocycles. The molecule has 0 aliphatic rings. The molecule has 0 aromatic heterocycles. The lowest BCUT2D eigenvalue weighted by Gasteiger charge is -2.30. The standard InChI is InChI=1S/C19H20FNO3/c1-19(2,15-6-4-5-7-16(15)20)18(24)21(3)12-13-8-10-14(11-9-13)17(22)23/h4-11H,12H2,1-3H3,(H,22,23). The molecule has 126 valence electrons. The van der Waals surface area contributed by atoms with Crippen molar-refractivity contribution >= 4 is 11.9 Å². The highest BCUT2D eigenvalue weighted by Gasteiger charge is 2.34. The number of likely N-dealkylation sites (N-methyl/N-ethyl adjacent to an activating group) is 1. The fraction of sp³-hybridized carbons (Fsp3) is 0.263. The molecule has 0 fully saturated rings. The number of carboxylic acid groups (broad SMARTS) is 1. The third-order valence-corrected chi connectivity index (χ3v) is 4.05. The summed E-state index contributed by atoms with van der Waals surface area (Å²) in [5.74, 6) is -1.61. The summed E-state index contributed by atoms with van der Waals surface area (Å²) in [6, 6.07) is 12.6. The molecule has 5 heteroatoms. The van der Waals surface area contributed by atoms with Crippen molar-refractivity contribution < 1.29 is 19.1 Å². The van der Waals surface area contributed by atoms with E-state index in [1.54, 1.807) is 51.2 Å². The molecule has 0 heterocycles. The van der Waals surface area contributed by atoms with Gasteiger partial charge in [0.05, 0.1) is 11.0 Å². The van der Waals surface area contributed by atoms with Crippen LogP contribution in [0.1, 0.15) is 35.3 Å². The molecule has 0 saturated carbocycles. The number of hydrogen-bond acceptors (Lipinski definition) is 2. The van der Waals surface area contributed by atoms with Crippen molar-refractivity contribution in [2.24, 2.45) is 0 Å². The van der Waals surface area contributed by atoms with Gasteiger partial charge >= 0.3 is 5.97 Å². The van der Waals surface area contributed by atoms with Gasteiger partial charge in [-0.2, -0.15) is 0 Å². The smallest absolute Gasteiger partial charge is 0.335 e. The SMILES string of the molecule is CN(Cc1ccc(C(=O)O)cc1)C(=O)C(C)(C)c1ccccc1F. The summed E-state index contributed by atoms with van der Waals surface area (Å²) in [7, 11) is 1.65. The van der Waals surface area contributed by atoms with Crippen molar-refractivity contribution in [3.8, 4) is 0 Å². The van der Waals surface area contributed by atoms with Crippen molar-refractivity contribution in [1.82, 2.24) is 4.90 Å². The van der Waals surface area contributed by atoms with E-state index in [4.69, 9.17) is 5.11 Å². The molecular weight excluding hydrogens is 309 g/mol. The minimum Gasteiger partial charge on any atom is -0.478 e. The van der Waals surface area contributed by atoms with E-state index >= 15 is 0 Å². The molecule has 0 aliphatic carbocycles. The molecule has 0 aliphatic heterocycles. The van der Waals surface area contributed by atoms with Crippen LogP contribution in [0.3, 0.4) is 0 Å². The second-order valence-electron chi connectivity index (χ2n) is 6.27. The van der Waals surface area contributed by atoms with Gasteiger partial charge in [-0.05, 0) is 37.6 Å². The van der Waals surface area contributed by atoms with Crippen LogP contribution in [-0.2, 0) is 16.8 Å². The molecule has 1 N–H and O–H groups in total. The minimum absolute atomic E-state index is 0.194. The Labute approximate surface area is 140 Å². The van der Waals surface area contributed by atoms with Crippen LogP contribution in [0.4, 0.5) is 4.39 Å². The van der Waals surface area contributed by atoms with Crippen LogP contribution in [0.2, 0.25) is 0 Å². The highest BCUT2D eigenvalue weighted by molar-refractivity contribution is 5.88. The Bertz CT molecular complexity index is 753. The average Bonchev–Trinajstić information content (AvgIpc) is 2.54. The second-order valence-corrected chi connectivity index (χ2v) is 6.27. The number of halogens is 1. The minimum atomic E-state index is -0.999. The summed E-state index contributed by atoms with van der Waals surface area (Å²) >= 11 is 0. The van der Waals surface area contributed by atoms with Gasteiger partial charge in [0.15, 0.2) is 0 Å². The third kappa shape index (κ3) is 3.62. The van der Waals surface area contributed by atoms with E-state index in [2.05, 4.69) is 0 Å². The molecule has 24 heavy (non-hydrogen) atoms. The van der Waals surface area contributed by atoms with Crippen LogP contribution in [0.25, 0.3) is 0 Å². The quantitative estimate of drug-likeness (QED) is 0.914. The molecule has 0 unspecified atom stereocenters. The normalized spacial score (nSPS) is 11.2. The molecule has 0 atom stereocenters. The number of hydrogen-bond donors (Lipinski definition) is 1. The predicted octanol–water partition coefficient (Wildman–Crippen LogP) is 3.46. The van der Waals surface area contributed by atoms with Crippen LogP contribution in [0.5, 0.6) is 0 Å². The van der Waals surface area contributed by atoms with Gasteiger partial charge in [0.1, 0.15) is 5.82 Å². The second kappa shape index (κ2) is 6.83. The zero-order valence-electron chi connectivity index (χ0n) is 13.9. The fourth-order valence-electron chi connectivity index (χ4n) is 2.66. The monoisotopic (exact) mass is 329 g/mol. The van der Waals surface area contributed by atoms with Crippen molar-refractivity contribution in [3.63, 3.8) is 0 Å². The lowest BCUT2D eigenvalue weighted by atomic mass is 9.83. The Morgan fingerprint density at radius 3 is 2.21 bits per heavy atom. The fourth-order valence-corrected chi connectivity index (χ4v) is 2.66. The van der Waals surface area contributed by atoms with Crippen LogP contribution in [-0.4, -0.2) is 28.9 Å². The first-order valence-corrected chi connectivity index (χ1v) is 7.56. The van der Waals surface area contributed by atoms with Gasteiger partial charge in [-0.15, -0.1) is 0 Å². The number of benzene rings is 2. The Morgan fingerprint density at radius 2 is 1.67 bits per heavy atom. The van der Waals surface area contributed by atoms with Gasteiger partial charge in [-0.3, -0.25) is 4.79 Å². The first-order chi connectivity index (χ1) is 11.2. The summed E-state index contributed by atoms with van der Waals surface area (Å²) in [5, 5.41) is 8.90. The van der Waals surface area contributed by atoms with Gasteiger partial charge in [-0.1, -0.05) is 30.3 Å². The number of rotatable bonds is 5. The first kappa shape index (κ1) is 17.7. The molecule has 2 rings (SSSR count). The summed E-state index contributed by atoms with van der Waals surface area (Å²) < 4.78 is 14.0. The maximum atomic E-state index is 14.0. The molecule has 0 spiro atoms. The van der Waals surface area contributed by atoms with Gasteiger partial charge in [0, 0.05) is 19.2 Å². The molecule has 0 saturated heterocycles. The van der Waals surface area contributed by atoms with E-state index in [0.29, 0.717) is 12.1 Å². The predicted molar refractivity (Wildman–Crippen MR) is 89.3 cm³/mol. The molecule has 0 radical (unpaired) electrons. The number of aromatic carboxylic acids is 1. The molecule has 1 amide bonds. The zero-order valence-corrected chi connectivity index (χ0v) is 13.9. The molecule has 2 aromatic rings. The zero-order chi connectivity index (χ0) is 17.9. The van der Waals surface area contributed by atoms with Gasteiger partial charge in [0.2, 0.25) is 5.91 Å². The van der Waals surface area contributed by atoms with Gasteiger partial charge < -0.3 is 10.0 Å². The number of carbonyl (C=O) groups excluding carboxylic acids is 1. The van der Waals surface area contributed by atoms with Crippen LogP contribution >= 0.6 is 0 Å². The van der Waals surface area contributed by atoms with Crippen LogP contribution in [0, 0.1) is 5.82 Å². The Morgan fingerprint density at radius 1 is 1.08 bits per heavy atom. The lowest BCUT2D eigenvalue weighted by molar-refractivity contribution is -0.135.